The summed E-state index contributed by atoms with van der Waals surface area (Å²) in [6.45, 7) is 8.06. The van der Waals surface area contributed by atoms with Gasteiger partial charge in [-0.05, 0) is 11.8 Å². The maximum atomic E-state index is 11.9. The fourth-order valence-corrected chi connectivity index (χ4v) is 1.99. The monoisotopic (exact) mass is 182 g/mol. The van der Waals surface area contributed by atoms with Crippen molar-refractivity contribution in [1.29, 1.82) is 0 Å². The van der Waals surface area contributed by atoms with E-state index in [1.165, 1.54) is 0 Å². The van der Waals surface area contributed by atoms with Crippen molar-refractivity contribution in [3.8, 4) is 0 Å². The van der Waals surface area contributed by atoms with Crippen LogP contribution >= 0.6 is 0 Å². The molecule has 0 aromatic rings. The van der Waals surface area contributed by atoms with Gasteiger partial charge in [-0.1, -0.05) is 13.8 Å². The van der Waals surface area contributed by atoms with E-state index in [0.29, 0.717) is 11.8 Å². The Morgan fingerprint density at radius 2 is 1.92 bits per heavy atom. The highest BCUT2D eigenvalue weighted by atomic mass is 16.2. The zero-order chi connectivity index (χ0) is 9.47. The second-order valence-corrected chi connectivity index (χ2v) is 4.82. The van der Waals surface area contributed by atoms with E-state index in [1.54, 1.807) is 0 Å². The zero-order valence-electron chi connectivity index (χ0n) is 8.47. The Bertz CT molecular complexity index is 219. The van der Waals surface area contributed by atoms with Gasteiger partial charge in [0.25, 0.3) is 0 Å². The van der Waals surface area contributed by atoms with Crippen LogP contribution in [-0.4, -0.2) is 37.0 Å². The van der Waals surface area contributed by atoms with Crippen molar-refractivity contribution in [2.24, 2.45) is 11.3 Å². The molecular formula is C10H18N2O. The molecule has 13 heavy (non-hydrogen) atoms. The summed E-state index contributed by atoms with van der Waals surface area (Å²) in [6.07, 6.45) is 1.08. The summed E-state index contributed by atoms with van der Waals surface area (Å²) in [7, 11) is 0. The van der Waals surface area contributed by atoms with Crippen molar-refractivity contribution in [1.82, 2.24) is 10.2 Å². The van der Waals surface area contributed by atoms with Crippen LogP contribution < -0.4 is 5.32 Å². The van der Waals surface area contributed by atoms with Gasteiger partial charge in [0.05, 0.1) is 0 Å². The molecule has 0 spiro atoms. The second kappa shape index (κ2) is 2.98. The van der Waals surface area contributed by atoms with E-state index in [0.717, 1.165) is 32.6 Å². The van der Waals surface area contributed by atoms with Crippen LogP contribution in [0.25, 0.3) is 0 Å². The standard InChI is InChI=1S/C10H18N2O/c1-10(2)7-8(10)9(13)12-5-3-11-4-6-12/h8,11H,3-7H2,1-2H3. The summed E-state index contributed by atoms with van der Waals surface area (Å²) in [6, 6.07) is 0. The third-order valence-electron chi connectivity index (χ3n) is 3.24. The lowest BCUT2D eigenvalue weighted by Gasteiger charge is -2.28. The maximum Gasteiger partial charge on any atom is 0.226 e. The van der Waals surface area contributed by atoms with Gasteiger partial charge in [-0.2, -0.15) is 0 Å². The van der Waals surface area contributed by atoms with Crippen LogP contribution in [0.3, 0.4) is 0 Å². The van der Waals surface area contributed by atoms with Gasteiger partial charge in [0, 0.05) is 32.1 Å². The van der Waals surface area contributed by atoms with Crippen LogP contribution in [0.5, 0.6) is 0 Å². The molecular weight excluding hydrogens is 164 g/mol. The van der Waals surface area contributed by atoms with Crippen LogP contribution in [0.15, 0.2) is 0 Å². The number of piperazine rings is 1. The summed E-state index contributed by atoms with van der Waals surface area (Å²) in [5, 5.41) is 3.26. The fraction of sp³-hybridized carbons (Fsp3) is 0.900. The molecule has 74 valence electrons. The molecule has 0 aromatic heterocycles. The Hall–Kier alpha value is -0.570. The smallest absolute Gasteiger partial charge is 0.226 e. The van der Waals surface area contributed by atoms with Crippen LogP contribution in [0.2, 0.25) is 0 Å². The first-order valence-corrected chi connectivity index (χ1v) is 5.11. The van der Waals surface area contributed by atoms with E-state index in [-0.39, 0.29) is 5.41 Å². The number of hydrogen-bond donors (Lipinski definition) is 1. The molecule has 1 heterocycles. The van der Waals surface area contributed by atoms with E-state index >= 15 is 0 Å². The van der Waals surface area contributed by atoms with Crippen molar-refractivity contribution in [2.75, 3.05) is 26.2 Å². The minimum atomic E-state index is 0.280. The number of hydrogen-bond acceptors (Lipinski definition) is 2. The molecule has 3 heteroatoms. The molecule has 2 fully saturated rings. The number of nitrogens with one attached hydrogen (secondary N) is 1. The molecule has 1 unspecified atom stereocenters. The summed E-state index contributed by atoms with van der Waals surface area (Å²) in [5.41, 5.74) is 0.280. The Kier molecular flexibility index (Phi) is 2.06. The molecule has 2 rings (SSSR count). The van der Waals surface area contributed by atoms with Gasteiger partial charge >= 0.3 is 0 Å². The van der Waals surface area contributed by atoms with E-state index in [9.17, 15) is 4.79 Å². The van der Waals surface area contributed by atoms with E-state index in [4.69, 9.17) is 0 Å². The van der Waals surface area contributed by atoms with Crippen LogP contribution in [-0.2, 0) is 4.79 Å². The lowest BCUT2D eigenvalue weighted by molar-refractivity contribution is -0.133. The minimum Gasteiger partial charge on any atom is -0.340 e. The summed E-state index contributed by atoms with van der Waals surface area (Å²) in [5.74, 6) is 0.692. The molecule has 1 aliphatic heterocycles. The Balaban J connectivity index is 1.90. The normalized spacial score (nSPS) is 31.5. The van der Waals surface area contributed by atoms with Crippen molar-refractivity contribution in [3.63, 3.8) is 0 Å². The summed E-state index contributed by atoms with van der Waals surface area (Å²) >= 11 is 0. The van der Waals surface area contributed by atoms with Crippen molar-refractivity contribution < 1.29 is 4.79 Å². The molecule has 1 saturated heterocycles. The predicted octanol–water partition coefficient (Wildman–Crippen LogP) is 0.464. The maximum absolute atomic E-state index is 11.9. The largest absolute Gasteiger partial charge is 0.340 e. The average Bonchev–Trinajstić information content (AvgIpc) is 2.76. The SMILES string of the molecule is CC1(C)CC1C(=O)N1CCNCC1. The fourth-order valence-electron chi connectivity index (χ4n) is 1.99. The molecule has 0 aromatic carbocycles. The first kappa shape index (κ1) is 9.00. The van der Waals surface area contributed by atoms with E-state index < -0.39 is 0 Å². The molecule has 1 N–H and O–H groups in total. The minimum absolute atomic E-state index is 0.280. The van der Waals surface area contributed by atoms with Crippen LogP contribution in [0.1, 0.15) is 20.3 Å². The molecule has 1 atom stereocenters. The average molecular weight is 182 g/mol. The third kappa shape index (κ3) is 1.70. The number of rotatable bonds is 1. The van der Waals surface area contributed by atoms with Crippen molar-refractivity contribution >= 4 is 5.91 Å². The van der Waals surface area contributed by atoms with Gasteiger partial charge < -0.3 is 10.2 Å². The van der Waals surface area contributed by atoms with Crippen LogP contribution in [0.4, 0.5) is 0 Å². The molecule has 3 nitrogen and oxygen atoms in total. The lowest BCUT2D eigenvalue weighted by Crippen LogP contribution is -2.47. The number of nitrogens with zero attached hydrogens (tertiary/aromatic N) is 1. The van der Waals surface area contributed by atoms with E-state index in [2.05, 4.69) is 19.2 Å². The molecule has 0 bridgehead atoms. The molecule has 1 saturated carbocycles. The van der Waals surface area contributed by atoms with Gasteiger partial charge in [0.1, 0.15) is 0 Å². The van der Waals surface area contributed by atoms with Crippen molar-refractivity contribution in [2.45, 2.75) is 20.3 Å². The molecule has 2 aliphatic rings. The lowest BCUT2D eigenvalue weighted by atomic mass is 10.1. The molecule has 1 aliphatic carbocycles. The van der Waals surface area contributed by atoms with E-state index in [1.807, 2.05) is 4.90 Å². The van der Waals surface area contributed by atoms with Gasteiger partial charge in [0.2, 0.25) is 5.91 Å². The van der Waals surface area contributed by atoms with Gasteiger partial charge in [-0.25, -0.2) is 0 Å². The Morgan fingerprint density at radius 3 is 2.38 bits per heavy atom. The quantitative estimate of drug-likeness (QED) is 0.639. The highest BCUT2D eigenvalue weighted by Crippen LogP contribution is 2.52. The zero-order valence-corrected chi connectivity index (χ0v) is 8.47. The molecule has 1 amide bonds. The third-order valence-corrected chi connectivity index (χ3v) is 3.24. The first-order chi connectivity index (χ1) is 6.11. The van der Waals surface area contributed by atoms with Gasteiger partial charge in [-0.15, -0.1) is 0 Å². The first-order valence-electron chi connectivity index (χ1n) is 5.11. The number of carbonyl (C=O) groups is 1. The van der Waals surface area contributed by atoms with Gasteiger partial charge in [-0.3, -0.25) is 4.79 Å². The highest BCUT2D eigenvalue weighted by Gasteiger charge is 2.51. The Labute approximate surface area is 79.5 Å². The topological polar surface area (TPSA) is 32.3 Å². The Morgan fingerprint density at radius 1 is 1.38 bits per heavy atom. The van der Waals surface area contributed by atoms with Crippen LogP contribution in [0, 0.1) is 11.3 Å². The summed E-state index contributed by atoms with van der Waals surface area (Å²) in [4.78, 5) is 13.9. The highest BCUT2D eigenvalue weighted by molar-refractivity contribution is 5.82. The number of carbonyl (C=O) groups excluding carboxylic acids is 1. The summed E-state index contributed by atoms with van der Waals surface area (Å²) < 4.78 is 0. The van der Waals surface area contributed by atoms with Gasteiger partial charge in [0.15, 0.2) is 0 Å². The predicted molar refractivity (Wildman–Crippen MR) is 51.3 cm³/mol. The molecule has 0 radical (unpaired) electrons. The second-order valence-electron chi connectivity index (χ2n) is 4.82. The number of amides is 1. The van der Waals surface area contributed by atoms with Crippen molar-refractivity contribution in [3.05, 3.63) is 0 Å².